The molecule has 0 bridgehead atoms. The molecule has 0 aromatic rings. The van der Waals surface area contributed by atoms with E-state index < -0.39 is 11.5 Å². The van der Waals surface area contributed by atoms with Gasteiger partial charge >= 0.3 is 5.97 Å². The lowest BCUT2D eigenvalue weighted by atomic mass is 9.93. The molecule has 0 aliphatic rings. The van der Waals surface area contributed by atoms with Crippen LogP contribution >= 0.6 is 0 Å². The molecule has 5 nitrogen and oxygen atoms in total. The number of hydrogen-bond donors (Lipinski definition) is 2. The third-order valence-electron chi connectivity index (χ3n) is 2.69. The molecule has 0 heterocycles. The number of rotatable bonds is 6. The molecule has 0 aliphatic heterocycles. The normalized spacial score (nSPS) is 11.2. The zero-order valence-corrected chi connectivity index (χ0v) is 9.83. The van der Waals surface area contributed by atoms with Gasteiger partial charge in [0.1, 0.15) is 5.54 Å². The van der Waals surface area contributed by atoms with E-state index in [0.717, 1.165) is 0 Å². The highest BCUT2D eigenvalue weighted by molar-refractivity contribution is 5.82. The second kappa shape index (κ2) is 5.70. The molecule has 0 atom stereocenters. The highest BCUT2D eigenvalue weighted by Crippen LogP contribution is 2.14. The molecule has 0 rings (SSSR count). The lowest BCUT2D eigenvalue weighted by Crippen LogP contribution is -2.53. The lowest BCUT2D eigenvalue weighted by molar-refractivity contribution is -0.145. The lowest BCUT2D eigenvalue weighted by Gasteiger charge is -2.28. The molecule has 0 radical (unpaired) electrons. The number of nitrogens with zero attached hydrogens (tertiary/aromatic N) is 1. The van der Waals surface area contributed by atoms with Crippen LogP contribution in [0.15, 0.2) is 0 Å². The molecule has 2 N–H and O–H groups in total. The topological polar surface area (TPSA) is 69.6 Å². The molecule has 0 aromatic heterocycles. The Kier molecular flexibility index (Phi) is 5.28. The van der Waals surface area contributed by atoms with Gasteiger partial charge < -0.3 is 10.0 Å². The summed E-state index contributed by atoms with van der Waals surface area (Å²) in [4.78, 5) is 23.8. The first-order valence-corrected chi connectivity index (χ1v) is 5.08. The fraction of sp³-hybridized carbons (Fsp3) is 0.800. The van der Waals surface area contributed by atoms with Crippen molar-refractivity contribution in [2.45, 2.75) is 32.2 Å². The van der Waals surface area contributed by atoms with Crippen molar-refractivity contribution in [3.8, 4) is 0 Å². The van der Waals surface area contributed by atoms with E-state index >= 15 is 0 Å². The molecule has 0 unspecified atom stereocenters. The van der Waals surface area contributed by atoms with E-state index in [2.05, 4.69) is 5.32 Å². The van der Waals surface area contributed by atoms with Crippen LogP contribution in [0.5, 0.6) is 0 Å². The third kappa shape index (κ3) is 3.51. The SMILES string of the molecule is CCC(CC)(NCC(=O)N(C)C)C(=O)O. The van der Waals surface area contributed by atoms with Crippen LogP contribution in [0.4, 0.5) is 0 Å². The smallest absolute Gasteiger partial charge is 0.323 e. The highest BCUT2D eigenvalue weighted by Gasteiger charge is 2.34. The molecule has 0 fully saturated rings. The molecular formula is C10H20N2O3. The Morgan fingerprint density at radius 2 is 1.73 bits per heavy atom. The molecule has 88 valence electrons. The summed E-state index contributed by atoms with van der Waals surface area (Å²) >= 11 is 0. The van der Waals surface area contributed by atoms with E-state index in [4.69, 9.17) is 5.11 Å². The van der Waals surface area contributed by atoms with Crippen LogP contribution in [0.2, 0.25) is 0 Å². The number of likely N-dealkylation sites (N-methyl/N-ethyl adjacent to an activating group) is 1. The standard InChI is InChI=1S/C10H20N2O3/c1-5-10(6-2,9(14)15)11-7-8(13)12(3)4/h11H,5-7H2,1-4H3,(H,14,15). The fourth-order valence-corrected chi connectivity index (χ4v) is 1.28. The number of carboxylic acid groups (broad SMARTS) is 1. The monoisotopic (exact) mass is 216 g/mol. The van der Waals surface area contributed by atoms with Crippen molar-refractivity contribution >= 4 is 11.9 Å². The van der Waals surface area contributed by atoms with Crippen LogP contribution in [-0.4, -0.2) is 48.1 Å². The van der Waals surface area contributed by atoms with Crippen LogP contribution in [0, 0.1) is 0 Å². The van der Waals surface area contributed by atoms with E-state index in [1.54, 1.807) is 27.9 Å². The minimum atomic E-state index is -0.980. The number of aliphatic carboxylic acids is 1. The minimum absolute atomic E-state index is 0.0565. The maximum Gasteiger partial charge on any atom is 0.323 e. The minimum Gasteiger partial charge on any atom is -0.480 e. The summed E-state index contributed by atoms with van der Waals surface area (Å²) in [7, 11) is 3.29. The average molecular weight is 216 g/mol. The van der Waals surface area contributed by atoms with Crippen LogP contribution in [0.25, 0.3) is 0 Å². The van der Waals surface area contributed by atoms with Crippen molar-refractivity contribution in [2.24, 2.45) is 0 Å². The molecule has 0 aromatic carbocycles. The Hall–Kier alpha value is -1.10. The largest absolute Gasteiger partial charge is 0.480 e. The number of carbonyl (C=O) groups excluding carboxylic acids is 1. The summed E-state index contributed by atoms with van der Waals surface area (Å²) in [5.41, 5.74) is -0.980. The average Bonchev–Trinajstić information content (AvgIpc) is 2.19. The highest BCUT2D eigenvalue weighted by atomic mass is 16.4. The molecule has 15 heavy (non-hydrogen) atoms. The van der Waals surface area contributed by atoms with E-state index in [-0.39, 0.29) is 12.5 Å². The van der Waals surface area contributed by atoms with Gasteiger partial charge in [0.25, 0.3) is 0 Å². The first-order chi connectivity index (χ1) is 6.89. The number of amides is 1. The molecular weight excluding hydrogens is 196 g/mol. The van der Waals surface area contributed by atoms with Gasteiger partial charge in [-0.15, -0.1) is 0 Å². The summed E-state index contributed by atoms with van der Waals surface area (Å²) in [5.74, 6) is -1.03. The van der Waals surface area contributed by atoms with E-state index in [0.29, 0.717) is 12.8 Å². The maximum atomic E-state index is 11.3. The maximum absolute atomic E-state index is 11.3. The van der Waals surface area contributed by atoms with Crippen LogP contribution in [-0.2, 0) is 9.59 Å². The molecule has 0 spiro atoms. The van der Waals surface area contributed by atoms with E-state index in [1.165, 1.54) is 4.90 Å². The number of nitrogens with one attached hydrogen (secondary N) is 1. The summed E-state index contributed by atoms with van der Waals surface area (Å²) < 4.78 is 0. The Morgan fingerprint density at radius 1 is 1.27 bits per heavy atom. The second-order valence-electron chi connectivity index (χ2n) is 3.74. The van der Waals surface area contributed by atoms with E-state index in [1.807, 2.05) is 0 Å². The molecule has 0 saturated carbocycles. The Balaban J connectivity index is 4.44. The van der Waals surface area contributed by atoms with Crippen molar-refractivity contribution < 1.29 is 14.7 Å². The van der Waals surface area contributed by atoms with Crippen molar-refractivity contribution in [2.75, 3.05) is 20.6 Å². The summed E-state index contributed by atoms with van der Waals surface area (Å²) in [5, 5.41) is 11.9. The summed E-state index contributed by atoms with van der Waals surface area (Å²) in [6.45, 7) is 3.65. The molecule has 0 aliphatic carbocycles. The number of hydrogen-bond acceptors (Lipinski definition) is 3. The quantitative estimate of drug-likeness (QED) is 0.670. The van der Waals surface area contributed by atoms with Gasteiger partial charge in [0, 0.05) is 14.1 Å². The van der Waals surface area contributed by atoms with Crippen LogP contribution in [0.1, 0.15) is 26.7 Å². The first kappa shape index (κ1) is 13.9. The zero-order chi connectivity index (χ0) is 12.1. The van der Waals surface area contributed by atoms with Gasteiger partial charge in [0.15, 0.2) is 0 Å². The van der Waals surface area contributed by atoms with Crippen molar-refractivity contribution in [3.63, 3.8) is 0 Å². The van der Waals surface area contributed by atoms with Crippen molar-refractivity contribution in [3.05, 3.63) is 0 Å². The Morgan fingerprint density at radius 3 is 2.00 bits per heavy atom. The van der Waals surface area contributed by atoms with E-state index in [9.17, 15) is 9.59 Å². The second-order valence-corrected chi connectivity index (χ2v) is 3.74. The van der Waals surface area contributed by atoms with Crippen LogP contribution in [0.3, 0.4) is 0 Å². The predicted octanol–water partition coefficient (Wildman–Crippen LogP) is 0.308. The van der Waals surface area contributed by atoms with Crippen molar-refractivity contribution in [1.29, 1.82) is 0 Å². The van der Waals surface area contributed by atoms with Gasteiger partial charge in [0.05, 0.1) is 6.54 Å². The van der Waals surface area contributed by atoms with Gasteiger partial charge in [-0.1, -0.05) is 13.8 Å². The zero-order valence-electron chi connectivity index (χ0n) is 9.83. The van der Waals surface area contributed by atoms with Gasteiger partial charge in [-0.05, 0) is 12.8 Å². The van der Waals surface area contributed by atoms with Crippen molar-refractivity contribution in [1.82, 2.24) is 10.2 Å². The van der Waals surface area contributed by atoms with Gasteiger partial charge in [-0.3, -0.25) is 14.9 Å². The Labute approximate surface area is 90.5 Å². The van der Waals surface area contributed by atoms with Gasteiger partial charge in [0.2, 0.25) is 5.91 Å². The number of carbonyl (C=O) groups is 2. The fourth-order valence-electron chi connectivity index (χ4n) is 1.28. The number of carboxylic acids is 1. The van der Waals surface area contributed by atoms with Crippen LogP contribution < -0.4 is 5.32 Å². The van der Waals surface area contributed by atoms with Gasteiger partial charge in [-0.2, -0.15) is 0 Å². The molecule has 1 amide bonds. The first-order valence-electron chi connectivity index (χ1n) is 5.08. The van der Waals surface area contributed by atoms with Gasteiger partial charge in [-0.25, -0.2) is 0 Å². The molecule has 5 heteroatoms. The summed E-state index contributed by atoms with van der Waals surface area (Å²) in [6, 6.07) is 0. The Bertz CT molecular complexity index is 235. The third-order valence-corrected chi connectivity index (χ3v) is 2.69. The summed E-state index contributed by atoms with van der Waals surface area (Å²) in [6.07, 6.45) is 0.916. The molecule has 0 saturated heterocycles. The predicted molar refractivity (Wildman–Crippen MR) is 57.6 cm³/mol.